The van der Waals surface area contributed by atoms with E-state index >= 15 is 0 Å². The van der Waals surface area contributed by atoms with Crippen molar-refractivity contribution in [2.75, 3.05) is 56.7 Å². The molecule has 0 saturated carbocycles. The number of methoxy groups -OCH3 is 1. The quantitative estimate of drug-likeness (QED) is 0.430. The van der Waals surface area contributed by atoms with E-state index < -0.39 is 10.0 Å². The van der Waals surface area contributed by atoms with Gasteiger partial charge in [-0.05, 0) is 24.1 Å². The Morgan fingerprint density at radius 1 is 0.971 bits per heavy atom. The summed E-state index contributed by atoms with van der Waals surface area (Å²) >= 11 is 0. The molecular formula is C25H31N5O4S. The van der Waals surface area contributed by atoms with Crippen LogP contribution in [0.15, 0.2) is 71.7 Å². The molecule has 0 spiro atoms. The van der Waals surface area contributed by atoms with Crippen molar-refractivity contribution < 1.29 is 13.2 Å². The second kappa shape index (κ2) is 11.5. The number of para-hydroxylation sites is 1. The highest BCUT2D eigenvalue weighted by Crippen LogP contribution is 2.24. The lowest BCUT2D eigenvalue weighted by Gasteiger charge is -2.36. The number of benzene rings is 2. The van der Waals surface area contributed by atoms with Gasteiger partial charge in [0.25, 0.3) is 5.56 Å². The number of piperazine rings is 1. The van der Waals surface area contributed by atoms with E-state index in [0.717, 1.165) is 12.0 Å². The third kappa shape index (κ3) is 6.08. The number of hydrogen-bond donors (Lipinski definition) is 1. The summed E-state index contributed by atoms with van der Waals surface area (Å²) < 4.78 is 33.9. The lowest BCUT2D eigenvalue weighted by atomic mass is 10.2. The molecule has 10 heteroatoms. The van der Waals surface area contributed by atoms with Crippen molar-refractivity contribution in [2.45, 2.75) is 12.2 Å². The predicted molar refractivity (Wildman–Crippen MR) is 138 cm³/mol. The molecule has 0 radical (unpaired) electrons. The molecule has 9 nitrogen and oxygen atoms in total. The molecule has 35 heavy (non-hydrogen) atoms. The van der Waals surface area contributed by atoms with Crippen LogP contribution in [0.4, 0.5) is 11.4 Å². The van der Waals surface area contributed by atoms with Gasteiger partial charge in [0.2, 0.25) is 10.0 Å². The first kappa shape index (κ1) is 24.9. The maximum absolute atomic E-state index is 13.4. The van der Waals surface area contributed by atoms with Crippen LogP contribution in [0.5, 0.6) is 0 Å². The van der Waals surface area contributed by atoms with Crippen molar-refractivity contribution in [1.82, 2.24) is 14.1 Å². The molecule has 1 N–H and O–H groups in total. The summed E-state index contributed by atoms with van der Waals surface area (Å²) in [6, 6.07) is 18.5. The van der Waals surface area contributed by atoms with Gasteiger partial charge in [-0.3, -0.25) is 4.79 Å². The minimum atomic E-state index is -3.43. The lowest BCUT2D eigenvalue weighted by Crippen LogP contribution is -2.49. The molecule has 0 atom stereocenters. The Labute approximate surface area is 206 Å². The van der Waals surface area contributed by atoms with Crippen molar-refractivity contribution in [3.8, 4) is 5.69 Å². The van der Waals surface area contributed by atoms with E-state index in [2.05, 4.69) is 10.4 Å². The number of nitrogens with one attached hydrogen (secondary N) is 1. The van der Waals surface area contributed by atoms with Gasteiger partial charge in [-0.1, -0.05) is 48.5 Å². The van der Waals surface area contributed by atoms with Crippen LogP contribution in [0, 0.1) is 0 Å². The molecule has 1 saturated heterocycles. The van der Waals surface area contributed by atoms with E-state index in [1.54, 1.807) is 13.3 Å². The van der Waals surface area contributed by atoms with Crippen LogP contribution in [0.25, 0.3) is 5.69 Å². The molecule has 4 rings (SSSR count). The summed E-state index contributed by atoms with van der Waals surface area (Å²) in [7, 11) is -1.78. The molecule has 3 aromatic rings. The molecule has 0 aliphatic carbocycles. The zero-order valence-electron chi connectivity index (χ0n) is 19.8. The Morgan fingerprint density at radius 3 is 2.29 bits per heavy atom. The van der Waals surface area contributed by atoms with Gasteiger partial charge >= 0.3 is 0 Å². The van der Waals surface area contributed by atoms with Crippen molar-refractivity contribution in [3.63, 3.8) is 0 Å². The number of sulfonamides is 1. The Morgan fingerprint density at radius 2 is 1.63 bits per heavy atom. The molecule has 0 amide bonds. The van der Waals surface area contributed by atoms with E-state index in [1.807, 2.05) is 65.6 Å². The molecular weight excluding hydrogens is 466 g/mol. The Kier molecular flexibility index (Phi) is 8.17. The Bertz CT molecular complexity index is 1260. The molecule has 0 unspecified atom stereocenters. The average Bonchev–Trinajstić information content (AvgIpc) is 2.88. The summed E-state index contributed by atoms with van der Waals surface area (Å²) in [4.78, 5) is 15.4. The number of rotatable bonds is 10. The lowest BCUT2D eigenvalue weighted by molar-refractivity contribution is 0.198. The van der Waals surface area contributed by atoms with Gasteiger partial charge in [-0.2, -0.15) is 14.1 Å². The maximum Gasteiger partial charge on any atom is 0.296 e. The van der Waals surface area contributed by atoms with Crippen LogP contribution < -0.4 is 15.8 Å². The number of hydrogen-bond acceptors (Lipinski definition) is 7. The zero-order chi connectivity index (χ0) is 24.7. The van der Waals surface area contributed by atoms with Gasteiger partial charge in [-0.25, -0.2) is 8.42 Å². The van der Waals surface area contributed by atoms with Crippen LogP contribution in [0.1, 0.15) is 12.0 Å². The van der Waals surface area contributed by atoms with Crippen LogP contribution in [0.2, 0.25) is 0 Å². The second-order valence-electron chi connectivity index (χ2n) is 8.36. The molecule has 186 valence electrons. The van der Waals surface area contributed by atoms with Crippen molar-refractivity contribution in [3.05, 3.63) is 82.8 Å². The van der Waals surface area contributed by atoms with Gasteiger partial charge in [0.1, 0.15) is 5.69 Å². The van der Waals surface area contributed by atoms with Crippen LogP contribution in [-0.4, -0.2) is 68.9 Å². The van der Waals surface area contributed by atoms with E-state index in [1.165, 1.54) is 8.99 Å². The number of nitrogens with zero attached hydrogens (tertiary/aromatic N) is 4. The molecule has 2 aromatic carbocycles. The Hall–Kier alpha value is -3.21. The fourth-order valence-corrected chi connectivity index (χ4v) is 5.63. The molecule has 1 aliphatic heterocycles. The number of anilines is 2. The topological polar surface area (TPSA) is 96.8 Å². The zero-order valence-corrected chi connectivity index (χ0v) is 20.7. The fraction of sp³-hybridized carbons (Fsp3) is 0.360. The highest BCUT2D eigenvalue weighted by atomic mass is 32.2. The van der Waals surface area contributed by atoms with Crippen molar-refractivity contribution >= 4 is 21.4 Å². The molecule has 1 aliphatic rings. The average molecular weight is 498 g/mol. The third-order valence-electron chi connectivity index (χ3n) is 5.95. The van der Waals surface area contributed by atoms with E-state index in [9.17, 15) is 13.2 Å². The van der Waals surface area contributed by atoms with E-state index in [4.69, 9.17) is 4.74 Å². The van der Waals surface area contributed by atoms with Crippen LogP contribution in [-0.2, 0) is 20.5 Å². The highest BCUT2D eigenvalue weighted by molar-refractivity contribution is 7.88. The molecule has 2 heterocycles. The first-order valence-corrected chi connectivity index (χ1v) is 13.3. The van der Waals surface area contributed by atoms with Gasteiger partial charge in [0.05, 0.1) is 23.3 Å². The maximum atomic E-state index is 13.4. The van der Waals surface area contributed by atoms with Crippen LogP contribution in [0.3, 0.4) is 0 Å². The first-order valence-electron chi connectivity index (χ1n) is 11.7. The fourth-order valence-electron chi connectivity index (χ4n) is 4.12. The number of aromatic nitrogens is 2. The summed E-state index contributed by atoms with van der Waals surface area (Å²) in [6.07, 6.45) is 2.43. The SMILES string of the molecule is COCCCNc1c(N2CCN(S(=O)(=O)Cc3ccccc3)CC2)cnn(-c2ccccc2)c1=O. The largest absolute Gasteiger partial charge is 0.385 e. The smallest absolute Gasteiger partial charge is 0.296 e. The van der Waals surface area contributed by atoms with Gasteiger partial charge in [0, 0.05) is 46.4 Å². The van der Waals surface area contributed by atoms with Crippen molar-refractivity contribution in [1.29, 1.82) is 0 Å². The summed E-state index contributed by atoms with van der Waals surface area (Å²) in [5, 5.41) is 7.69. The third-order valence-corrected chi connectivity index (χ3v) is 7.80. The monoisotopic (exact) mass is 497 g/mol. The molecule has 0 bridgehead atoms. The summed E-state index contributed by atoms with van der Waals surface area (Å²) in [5.74, 6) is -0.0190. The standard InChI is InChI=1S/C25H31N5O4S/c1-34-18-8-13-26-24-23(19-27-30(25(24)31)22-11-6-3-7-12-22)28-14-16-29(17-15-28)35(32,33)20-21-9-4-2-5-10-21/h2-7,9-12,19,26H,8,13-18,20H2,1H3. The first-order chi connectivity index (χ1) is 17.0. The summed E-state index contributed by atoms with van der Waals surface area (Å²) in [5.41, 5.74) is 2.34. The van der Waals surface area contributed by atoms with Gasteiger partial charge < -0.3 is 15.0 Å². The van der Waals surface area contributed by atoms with Crippen LogP contribution >= 0.6 is 0 Å². The van der Waals surface area contributed by atoms with E-state index in [0.29, 0.717) is 56.4 Å². The Balaban J connectivity index is 1.53. The normalized spacial score (nSPS) is 14.7. The van der Waals surface area contributed by atoms with Gasteiger partial charge in [0.15, 0.2) is 0 Å². The minimum absolute atomic E-state index is 0.0190. The van der Waals surface area contributed by atoms with E-state index in [-0.39, 0.29) is 11.3 Å². The molecule has 1 fully saturated rings. The molecule has 1 aromatic heterocycles. The highest BCUT2D eigenvalue weighted by Gasteiger charge is 2.29. The summed E-state index contributed by atoms with van der Waals surface area (Å²) in [6.45, 7) is 2.78. The predicted octanol–water partition coefficient (Wildman–Crippen LogP) is 2.33. The van der Waals surface area contributed by atoms with Gasteiger partial charge in [-0.15, -0.1) is 0 Å². The van der Waals surface area contributed by atoms with Crippen molar-refractivity contribution in [2.24, 2.45) is 0 Å². The second-order valence-corrected chi connectivity index (χ2v) is 10.3. The number of ether oxygens (including phenoxy) is 1. The minimum Gasteiger partial charge on any atom is -0.385 e.